The SMILES string of the molecule is CN=C(NC)NCC(c1ccc(F)cc1)N(C)C.I. The molecule has 0 bridgehead atoms. The van der Waals surface area contributed by atoms with Gasteiger partial charge in [-0.05, 0) is 31.8 Å². The Hall–Kier alpha value is -0.890. The van der Waals surface area contributed by atoms with Crippen molar-refractivity contribution in [3.8, 4) is 0 Å². The fourth-order valence-corrected chi connectivity index (χ4v) is 1.76. The van der Waals surface area contributed by atoms with Crippen LogP contribution in [0.4, 0.5) is 4.39 Å². The Labute approximate surface area is 131 Å². The lowest BCUT2D eigenvalue weighted by Gasteiger charge is -2.25. The van der Waals surface area contributed by atoms with Gasteiger partial charge in [-0.25, -0.2) is 4.39 Å². The lowest BCUT2D eigenvalue weighted by molar-refractivity contribution is 0.298. The van der Waals surface area contributed by atoms with Gasteiger partial charge in [0.2, 0.25) is 0 Å². The van der Waals surface area contributed by atoms with E-state index in [0.717, 1.165) is 11.5 Å². The predicted octanol–water partition coefficient (Wildman–Crippen LogP) is 1.84. The molecule has 108 valence electrons. The van der Waals surface area contributed by atoms with Gasteiger partial charge in [0, 0.05) is 20.6 Å². The van der Waals surface area contributed by atoms with E-state index in [-0.39, 0.29) is 35.8 Å². The number of hydrogen-bond acceptors (Lipinski definition) is 2. The summed E-state index contributed by atoms with van der Waals surface area (Å²) in [4.78, 5) is 6.15. The molecule has 0 heterocycles. The Kier molecular flexibility index (Phi) is 8.66. The van der Waals surface area contributed by atoms with Crippen molar-refractivity contribution in [2.45, 2.75) is 6.04 Å². The van der Waals surface area contributed by atoms with Gasteiger partial charge in [0.05, 0.1) is 6.04 Å². The quantitative estimate of drug-likeness (QED) is 0.476. The van der Waals surface area contributed by atoms with Gasteiger partial charge in [0.15, 0.2) is 5.96 Å². The van der Waals surface area contributed by atoms with E-state index in [1.807, 2.05) is 33.3 Å². The van der Waals surface area contributed by atoms with E-state index in [2.05, 4.69) is 20.5 Å². The highest BCUT2D eigenvalue weighted by Crippen LogP contribution is 2.17. The number of guanidine groups is 1. The van der Waals surface area contributed by atoms with E-state index >= 15 is 0 Å². The third kappa shape index (κ3) is 5.73. The molecule has 19 heavy (non-hydrogen) atoms. The van der Waals surface area contributed by atoms with E-state index in [9.17, 15) is 4.39 Å². The monoisotopic (exact) mass is 380 g/mol. The van der Waals surface area contributed by atoms with E-state index < -0.39 is 0 Å². The van der Waals surface area contributed by atoms with E-state index in [1.54, 1.807) is 7.05 Å². The summed E-state index contributed by atoms with van der Waals surface area (Å²) in [6.45, 7) is 0.701. The van der Waals surface area contributed by atoms with Gasteiger partial charge in [0.1, 0.15) is 5.82 Å². The average Bonchev–Trinajstić information content (AvgIpc) is 2.36. The van der Waals surface area contributed by atoms with Crippen LogP contribution in [0.15, 0.2) is 29.3 Å². The highest BCUT2D eigenvalue weighted by molar-refractivity contribution is 14.0. The second-order valence-corrected chi connectivity index (χ2v) is 4.23. The number of rotatable bonds is 4. The van der Waals surface area contributed by atoms with Gasteiger partial charge in [-0.1, -0.05) is 12.1 Å². The minimum Gasteiger partial charge on any atom is -0.359 e. The molecule has 0 fully saturated rings. The first-order valence-electron chi connectivity index (χ1n) is 5.88. The Balaban J connectivity index is 0.00000324. The second kappa shape index (κ2) is 9.08. The van der Waals surface area contributed by atoms with Gasteiger partial charge < -0.3 is 15.5 Å². The predicted molar refractivity (Wildman–Crippen MR) is 88.7 cm³/mol. The van der Waals surface area contributed by atoms with Crippen molar-refractivity contribution in [2.24, 2.45) is 4.99 Å². The number of hydrogen-bond donors (Lipinski definition) is 2. The third-order valence-electron chi connectivity index (χ3n) is 2.80. The van der Waals surface area contributed by atoms with Crippen LogP contribution in [0.5, 0.6) is 0 Å². The first kappa shape index (κ1) is 18.1. The normalized spacial score (nSPS) is 12.8. The summed E-state index contributed by atoms with van der Waals surface area (Å²) < 4.78 is 12.9. The van der Waals surface area contributed by atoms with E-state index in [0.29, 0.717) is 6.54 Å². The van der Waals surface area contributed by atoms with Gasteiger partial charge >= 0.3 is 0 Å². The first-order chi connectivity index (χ1) is 8.58. The van der Waals surface area contributed by atoms with Gasteiger partial charge in [-0.15, -0.1) is 24.0 Å². The molecule has 0 aliphatic carbocycles. The van der Waals surface area contributed by atoms with E-state index in [1.165, 1.54) is 12.1 Å². The molecule has 0 aromatic heterocycles. The van der Waals surface area contributed by atoms with Crippen LogP contribution in [0.1, 0.15) is 11.6 Å². The number of halogens is 2. The zero-order valence-corrected chi connectivity index (χ0v) is 14.1. The summed E-state index contributed by atoms with van der Waals surface area (Å²) in [6.07, 6.45) is 0. The lowest BCUT2D eigenvalue weighted by Crippen LogP contribution is -2.40. The number of likely N-dealkylation sites (N-methyl/N-ethyl adjacent to an activating group) is 1. The molecule has 1 aromatic rings. The number of aliphatic imine (C=N–C) groups is 1. The number of nitrogens with one attached hydrogen (secondary N) is 2. The summed E-state index contributed by atoms with van der Waals surface area (Å²) >= 11 is 0. The topological polar surface area (TPSA) is 39.7 Å². The smallest absolute Gasteiger partial charge is 0.190 e. The number of benzene rings is 1. The highest BCUT2D eigenvalue weighted by atomic mass is 127. The van der Waals surface area contributed by atoms with Crippen LogP contribution >= 0.6 is 24.0 Å². The van der Waals surface area contributed by atoms with Crippen LogP contribution in [0.3, 0.4) is 0 Å². The van der Waals surface area contributed by atoms with Crippen LogP contribution in [-0.4, -0.2) is 45.6 Å². The molecule has 0 saturated carbocycles. The summed E-state index contributed by atoms with van der Waals surface area (Å²) in [5, 5.41) is 6.18. The molecule has 0 radical (unpaired) electrons. The zero-order chi connectivity index (χ0) is 13.5. The van der Waals surface area contributed by atoms with Crippen molar-refractivity contribution >= 4 is 29.9 Å². The Morgan fingerprint density at radius 1 is 1.32 bits per heavy atom. The fraction of sp³-hybridized carbons (Fsp3) is 0.462. The second-order valence-electron chi connectivity index (χ2n) is 4.23. The minimum absolute atomic E-state index is 0. The molecule has 2 N–H and O–H groups in total. The van der Waals surface area contributed by atoms with Crippen LogP contribution in [0.2, 0.25) is 0 Å². The van der Waals surface area contributed by atoms with Crippen molar-refractivity contribution in [3.05, 3.63) is 35.6 Å². The maximum atomic E-state index is 12.9. The van der Waals surface area contributed by atoms with Crippen LogP contribution in [0.25, 0.3) is 0 Å². The van der Waals surface area contributed by atoms with Crippen molar-refractivity contribution in [2.75, 3.05) is 34.7 Å². The average molecular weight is 380 g/mol. The van der Waals surface area contributed by atoms with Gasteiger partial charge in [0.25, 0.3) is 0 Å². The van der Waals surface area contributed by atoms with Crippen molar-refractivity contribution < 1.29 is 4.39 Å². The van der Waals surface area contributed by atoms with Gasteiger partial charge in [-0.3, -0.25) is 4.99 Å². The lowest BCUT2D eigenvalue weighted by atomic mass is 10.1. The van der Waals surface area contributed by atoms with Crippen LogP contribution in [0, 0.1) is 5.82 Å². The maximum absolute atomic E-state index is 12.9. The molecule has 0 aliphatic rings. The first-order valence-corrected chi connectivity index (χ1v) is 5.88. The van der Waals surface area contributed by atoms with Gasteiger partial charge in [-0.2, -0.15) is 0 Å². The molecule has 0 amide bonds. The Bertz CT molecular complexity index is 392. The third-order valence-corrected chi connectivity index (χ3v) is 2.80. The van der Waals surface area contributed by atoms with Crippen LogP contribution < -0.4 is 10.6 Å². The summed E-state index contributed by atoms with van der Waals surface area (Å²) in [7, 11) is 7.54. The molecular weight excluding hydrogens is 358 g/mol. The summed E-state index contributed by atoms with van der Waals surface area (Å²) in [5.41, 5.74) is 1.07. The van der Waals surface area contributed by atoms with E-state index in [4.69, 9.17) is 0 Å². The molecule has 6 heteroatoms. The molecule has 1 atom stereocenters. The molecule has 0 saturated heterocycles. The molecule has 4 nitrogen and oxygen atoms in total. The molecule has 1 aromatic carbocycles. The summed E-state index contributed by atoms with van der Waals surface area (Å²) in [5.74, 6) is 0.527. The molecule has 0 aliphatic heterocycles. The Morgan fingerprint density at radius 2 is 1.89 bits per heavy atom. The highest BCUT2D eigenvalue weighted by Gasteiger charge is 2.14. The zero-order valence-electron chi connectivity index (χ0n) is 11.8. The van der Waals surface area contributed by atoms with Crippen molar-refractivity contribution in [3.63, 3.8) is 0 Å². The molecule has 1 rings (SSSR count). The number of nitrogens with zero attached hydrogens (tertiary/aromatic N) is 2. The molecule has 0 spiro atoms. The standard InChI is InChI=1S/C13H21FN4.HI/c1-15-13(16-2)17-9-12(18(3)4)10-5-7-11(14)8-6-10;/h5-8,12H,9H2,1-4H3,(H2,15,16,17);1H. The molecular formula is C13H22FIN4. The van der Waals surface area contributed by atoms with Crippen LogP contribution in [-0.2, 0) is 0 Å². The largest absolute Gasteiger partial charge is 0.359 e. The van der Waals surface area contributed by atoms with Crippen molar-refractivity contribution in [1.29, 1.82) is 0 Å². The maximum Gasteiger partial charge on any atom is 0.190 e. The summed E-state index contributed by atoms with van der Waals surface area (Å²) in [6, 6.07) is 6.75. The molecule has 1 unspecified atom stereocenters. The fourth-order valence-electron chi connectivity index (χ4n) is 1.76. The Morgan fingerprint density at radius 3 is 2.32 bits per heavy atom. The minimum atomic E-state index is -0.213. The van der Waals surface area contributed by atoms with Crippen molar-refractivity contribution in [1.82, 2.24) is 15.5 Å².